The van der Waals surface area contributed by atoms with Crippen LogP contribution in [0.4, 0.5) is 11.4 Å². The van der Waals surface area contributed by atoms with Gasteiger partial charge in [-0.3, -0.25) is 9.59 Å². The summed E-state index contributed by atoms with van der Waals surface area (Å²) in [5.74, 6) is -0.613. The number of benzene rings is 4. The molecule has 6 rings (SSSR count). The maximum absolute atomic E-state index is 14.7. The van der Waals surface area contributed by atoms with E-state index in [1.54, 1.807) is 67.6 Å². The zero-order valence-electron chi connectivity index (χ0n) is 25.4. The number of ether oxygens (including phenoxy) is 1. The van der Waals surface area contributed by atoms with Gasteiger partial charge in [0.15, 0.2) is 5.82 Å². The fourth-order valence-corrected chi connectivity index (χ4v) is 6.82. The molecule has 2 atom stereocenters. The number of aromatic nitrogens is 2. The second-order valence-corrected chi connectivity index (χ2v) is 12.9. The first kappa shape index (κ1) is 30.9. The third kappa shape index (κ3) is 6.34. The highest BCUT2D eigenvalue weighted by atomic mass is 32.2. The average molecular weight is 637 g/mol. The standard InChI is InChI=1S/C35H32N4O6S/c1-21(40)24-9-13-26(14-10-24)33-34(27-15-11-25(12-16-27)32-20-45-32)39(46(43,44)31-7-5-4-6-8-31)35(38-33)28-17-29(36-22(2)41)19-30(18-28)37-23(3)42/h4-19,21,32,40H,20H2,1-3H3,(H,36,41)(H,37,42). The van der Waals surface area contributed by atoms with Gasteiger partial charge in [-0.2, -0.15) is 0 Å². The molecule has 10 nitrogen and oxygen atoms in total. The van der Waals surface area contributed by atoms with Crippen molar-refractivity contribution >= 4 is 33.2 Å². The minimum Gasteiger partial charge on any atom is -0.389 e. The summed E-state index contributed by atoms with van der Waals surface area (Å²) in [6, 6.07) is 27.5. The summed E-state index contributed by atoms with van der Waals surface area (Å²) in [4.78, 5) is 29.1. The molecule has 0 aliphatic carbocycles. The predicted octanol–water partition coefficient (Wildman–Crippen LogP) is 6.16. The number of amides is 2. The van der Waals surface area contributed by atoms with Gasteiger partial charge >= 0.3 is 0 Å². The Morgan fingerprint density at radius 3 is 1.93 bits per heavy atom. The lowest BCUT2D eigenvalue weighted by atomic mass is 10.0. The molecule has 46 heavy (non-hydrogen) atoms. The summed E-state index contributed by atoms with van der Waals surface area (Å²) >= 11 is 0. The molecule has 0 saturated carbocycles. The molecule has 0 spiro atoms. The molecule has 234 valence electrons. The van der Waals surface area contributed by atoms with Crippen LogP contribution in [-0.4, -0.2) is 40.9 Å². The van der Waals surface area contributed by atoms with Crippen molar-refractivity contribution in [2.75, 3.05) is 17.2 Å². The molecular weight excluding hydrogens is 604 g/mol. The molecule has 1 saturated heterocycles. The van der Waals surface area contributed by atoms with Crippen LogP contribution < -0.4 is 10.6 Å². The molecular formula is C35H32N4O6S. The third-order valence-electron chi connectivity index (χ3n) is 7.51. The van der Waals surface area contributed by atoms with Crippen LogP contribution in [0, 0.1) is 0 Å². The highest BCUT2D eigenvalue weighted by Crippen LogP contribution is 2.41. The Morgan fingerprint density at radius 1 is 0.848 bits per heavy atom. The van der Waals surface area contributed by atoms with Crippen LogP contribution in [0.1, 0.15) is 44.1 Å². The van der Waals surface area contributed by atoms with Crippen LogP contribution in [0.15, 0.2) is 102 Å². The molecule has 1 fully saturated rings. The Kier molecular flexibility index (Phi) is 8.30. The normalized spacial score (nSPS) is 14.8. The summed E-state index contributed by atoms with van der Waals surface area (Å²) in [6.07, 6.45) is -0.681. The van der Waals surface area contributed by atoms with Crippen LogP contribution in [0.5, 0.6) is 0 Å². The highest BCUT2D eigenvalue weighted by Gasteiger charge is 2.31. The van der Waals surface area contributed by atoms with Gasteiger partial charge in [0, 0.05) is 41.9 Å². The molecule has 0 radical (unpaired) electrons. The van der Waals surface area contributed by atoms with E-state index in [1.807, 2.05) is 24.3 Å². The van der Waals surface area contributed by atoms with Gasteiger partial charge in [-0.05, 0) is 48.4 Å². The molecule has 4 aromatic carbocycles. The monoisotopic (exact) mass is 636 g/mol. The quantitative estimate of drug-likeness (QED) is 0.164. The van der Waals surface area contributed by atoms with Gasteiger partial charge in [0.2, 0.25) is 11.8 Å². The van der Waals surface area contributed by atoms with Crippen molar-refractivity contribution in [2.24, 2.45) is 0 Å². The molecule has 3 N–H and O–H groups in total. The zero-order valence-corrected chi connectivity index (χ0v) is 26.2. The van der Waals surface area contributed by atoms with E-state index in [-0.39, 0.29) is 28.6 Å². The number of hydrogen-bond donors (Lipinski definition) is 3. The second kappa shape index (κ2) is 12.4. The average Bonchev–Trinajstić information content (AvgIpc) is 3.79. The van der Waals surface area contributed by atoms with E-state index in [0.717, 1.165) is 5.56 Å². The molecule has 5 aromatic rings. The van der Waals surface area contributed by atoms with Crippen LogP contribution >= 0.6 is 0 Å². The van der Waals surface area contributed by atoms with Gasteiger partial charge in [0.25, 0.3) is 10.0 Å². The fourth-order valence-electron chi connectivity index (χ4n) is 5.30. The maximum atomic E-state index is 14.7. The largest absolute Gasteiger partial charge is 0.389 e. The first-order valence-electron chi connectivity index (χ1n) is 14.7. The first-order chi connectivity index (χ1) is 22.0. The molecule has 11 heteroatoms. The molecule has 2 heterocycles. The number of aliphatic hydroxyl groups is 1. The SMILES string of the molecule is CC(=O)Nc1cc(NC(C)=O)cc(-c2nc(-c3ccc(C(C)O)cc3)c(-c3ccc(C4CO4)cc3)n2S(=O)(=O)c2ccccc2)c1. The van der Waals surface area contributed by atoms with Crippen molar-refractivity contribution in [3.63, 3.8) is 0 Å². The Labute approximate surface area is 266 Å². The van der Waals surface area contributed by atoms with Gasteiger partial charge in [-0.25, -0.2) is 17.4 Å². The lowest BCUT2D eigenvalue weighted by Crippen LogP contribution is -2.16. The summed E-state index contributed by atoms with van der Waals surface area (Å²) in [5.41, 5.74) is 4.62. The number of nitrogens with one attached hydrogen (secondary N) is 2. The molecule has 1 aliphatic rings. The summed E-state index contributed by atoms with van der Waals surface area (Å²) in [6.45, 7) is 5.01. The van der Waals surface area contributed by atoms with E-state index in [2.05, 4.69) is 10.6 Å². The van der Waals surface area contributed by atoms with Crippen LogP contribution in [0.3, 0.4) is 0 Å². The number of hydrogen-bond acceptors (Lipinski definition) is 7. The summed E-state index contributed by atoms with van der Waals surface area (Å²) in [5, 5.41) is 15.6. The van der Waals surface area contributed by atoms with E-state index in [0.29, 0.717) is 51.6 Å². The van der Waals surface area contributed by atoms with E-state index < -0.39 is 16.1 Å². The van der Waals surface area contributed by atoms with Crippen molar-refractivity contribution in [1.29, 1.82) is 0 Å². The smallest absolute Gasteiger partial charge is 0.270 e. The van der Waals surface area contributed by atoms with Gasteiger partial charge < -0.3 is 20.5 Å². The minimum absolute atomic E-state index is 0.0128. The number of nitrogens with zero attached hydrogens (tertiary/aromatic N) is 2. The number of carbonyl (C=O) groups excluding carboxylic acids is 2. The van der Waals surface area contributed by atoms with E-state index >= 15 is 0 Å². The topological polar surface area (TPSA) is 143 Å². The van der Waals surface area contributed by atoms with Gasteiger partial charge in [-0.15, -0.1) is 0 Å². The van der Waals surface area contributed by atoms with Crippen LogP contribution in [0.25, 0.3) is 33.9 Å². The van der Waals surface area contributed by atoms with Gasteiger partial charge in [0.05, 0.1) is 29.0 Å². The minimum atomic E-state index is -4.28. The lowest BCUT2D eigenvalue weighted by Gasteiger charge is -2.16. The number of rotatable bonds is 9. The Bertz CT molecular complexity index is 2000. The highest BCUT2D eigenvalue weighted by molar-refractivity contribution is 7.90. The Morgan fingerprint density at radius 2 is 1.41 bits per heavy atom. The van der Waals surface area contributed by atoms with Crippen molar-refractivity contribution in [1.82, 2.24) is 8.96 Å². The maximum Gasteiger partial charge on any atom is 0.270 e. The van der Waals surface area contributed by atoms with Gasteiger partial charge in [0.1, 0.15) is 6.10 Å². The Hall–Kier alpha value is -5.10. The second-order valence-electron chi connectivity index (χ2n) is 11.1. The van der Waals surface area contributed by atoms with Crippen molar-refractivity contribution in [3.05, 3.63) is 108 Å². The molecule has 2 unspecified atom stereocenters. The van der Waals surface area contributed by atoms with E-state index in [9.17, 15) is 23.1 Å². The fraction of sp³-hybridized carbons (Fsp3) is 0.171. The molecule has 0 bridgehead atoms. The zero-order chi connectivity index (χ0) is 32.6. The first-order valence-corrected chi connectivity index (χ1v) is 16.1. The summed E-state index contributed by atoms with van der Waals surface area (Å²) in [7, 11) is -4.28. The summed E-state index contributed by atoms with van der Waals surface area (Å²) < 4.78 is 36.0. The Balaban J connectivity index is 1.68. The van der Waals surface area contributed by atoms with E-state index in [4.69, 9.17) is 9.72 Å². The number of aliphatic hydroxyl groups excluding tert-OH is 1. The third-order valence-corrected chi connectivity index (χ3v) is 9.21. The molecule has 1 aromatic heterocycles. The molecule has 2 amide bonds. The van der Waals surface area contributed by atoms with E-state index in [1.165, 1.54) is 30.0 Å². The van der Waals surface area contributed by atoms with Crippen molar-refractivity contribution < 1.29 is 27.9 Å². The lowest BCUT2D eigenvalue weighted by molar-refractivity contribution is -0.115. The predicted molar refractivity (Wildman–Crippen MR) is 175 cm³/mol. The van der Waals surface area contributed by atoms with Crippen LogP contribution in [-0.2, 0) is 24.3 Å². The van der Waals surface area contributed by atoms with Crippen LogP contribution in [0.2, 0.25) is 0 Å². The number of imidazole rings is 1. The number of carbonyl (C=O) groups is 2. The molecule has 1 aliphatic heterocycles. The number of epoxide rings is 1. The van der Waals surface area contributed by atoms with Crippen molar-refractivity contribution in [3.8, 4) is 33.9 Å². The van der Waals surface area contributed by atoms with Crippen molar-refractivity contribution in [2.45, 2.75) is 37.9 Å². The van der Waals surface area contributed by atoms with Gasteiger partial charge in [-0.1, -0.05) is 66.7 Å². The number of anilines is 2.